The summed E-state index contributed by atoms with van der Waals surface area (Å²) in [5.41, 5.74) is 6.54. The summed E-state index contributed by atoms with van der Waals surface area (Å²) in [6, 6.07) is 36.3. The predicted molar refractivity (Wildman–Crippen MR) is 200 cm³/mol. The normalized spacial score (nSPS) is 13.7. The number of hydrogen-bond donors (Lipinski definition) is 0. The molecule has 0 N–H and O–H groups in total. The summed E-state index contributed by atoms with van der Waals surface area (Å²) in [7, 11) is -1.67. The Hall–Kier alpha value is -3.17. The molecule has 4 heteroatoms. The van der Waals surface area contributed by atoms with E-state index in [1.165, 1.54) is 11.1 Å². The van der Waals surface area contributed by atoms with Crippen LogP contribution < -0.4 is 5.19 Å². The Morgan fingerprint density at radius 3 is 2.02 bits per heavy atom. The average Bonchev–Trinajstić information content (AvgIpc) is 3.08. The minimum absolute atomic E-state index is 0. The molecule has 5 aromatic rings. The molecule has 2 nitrogen and oxygen atoms in total. The number of rotatable bonds is 8. The molecule has 2 aromatic heterocycles. The van der Waals surface area contributed by atoms with E-state index in [1.807, 2.05) is 89.3 Å². The molecule has 3 aromatic carbocycles. The molecule has 47 heavy (non-hydrogen) atoms. The van der Waals surface area contributed by atoms with Gasteiger partial charge in [-0.1, -0.05) is 122 Å². The molecular formula is C43H52IrN2Si-2. The van der Waals surface area contributed by atoms with Crippen LogP contribution in [0.25, 0.3) is 22.5 Å². The minimum atomic E-state index is -1.67. The van der Waals surface area contributed by atoms with Crippen molar-refractivity contribution in [2.24, 2.45) is 11.3 Å². The molecule has 0 aliphatic rings. The van der Waals surface area contributed by atoms with Gasteiger partial charge in [0, 0.05) is 38.0 Å². The van der Waals surface area contributed by atoms with Crippen molar-refractivity contribution in [3.63, 3.8) is 0 Å². The van der Waals surface area contributed by atoms with Gasteiger partial charge in [-0.2, -0.15) is 0 Å². The molecule has 0 saturated heterocycles. The third kappa shape index (κ3) is 10.9. The van der Waals surface area contributed by atoms with E-state index in [0.29, 0.717) is 5.56 Å². The van der Waals surface area contributed by atoms with Gasteiger partial charge in [-0.05, 0) is 57.7 Å². The molecule has 249 valence electrons. The van der Waals surface area contributed by atoms with Gasteiger partial charge in [-0.15, -0.1) is 71.3 Å². The first-order chi connectivity index (χ1) is 23.2. The van der Waals surface area contributed by atoms with Gasteiger partial charge < -0.3 is 9.97 Å². The molecule has 0 saturated carbocycles. The van der Waals surface area contributed by atoms with Crippen LogP contribution in [0, 0.1) is 23.5 Å². The topological polar surface area (TPSA) is 25.8 Å². The van der Waals surface area contributed by atoms with E-state index in [9.17, 15) is 0 Å². The van der Waals surface area contributed by atoms with Crippen molar-refractivity contribution in [3.8, 4) is 22.5 Å². The van der Waals surface area contributed by atoms with Gasteiger partial charge in [-0.3, -0.25) is 0 Å². The van der Waals surface area contributed by atoms with Crippen LogP contribution in [0.15, 0.2) is 103 Å². The van der Waals surface area contributed by atoms with E-state index < -0.39 is 26.2 Å². The predicted octanol–water partition coefficient (Wildman–Crippen LogP) is 10.8. The van der Waals surface area contributed by atoms with E-state index in [0.717, 1.165) is 33.3 Å². The number of pyridine rings is 2. The zero-order valence-electron chi connectivity index (χ0n) is 33.6. The van der Waals surface area contributed by atoms with Crippen molar-refractivity contribution in [1.82, 2.24) is 9.97 Å². The molecule has 0 bridgehead atoms. The SMILES string of the molecule is [2H]C([2H])(c1cc(-c2[c-]cccc2)ncc1[Si](C)(C)C)C(C)C.[2H]C([2H])(c1ccnc(-c2[c-]ccc(C(C)(C)c3ccccc3)c2)c1)C(C)(C)C.[Ir]. The smallest absolute Gasteiger partial charge is 0.0798 e. The second-order valence-electron chi connectivity index (χ2n) is 14.7. The van der Waals surface area contributed by atoms with E-state index >= 15 is 0 Å². The first-order valence-corrected chi connectivity index (χ1v) is 19.7. The Kier molecular flexibility index (Phi) is 11.2. The van der Waals surface area contributed by atoms with Crippen LogP contribution in [-0.4, -0.2) is 18.0 Å². The summed E-state index contributed by atoms with van der Waals surface area (Å²) in [6.45, 7) is 20.7. The third-order valence-electron chi connectivity index (χ3n) is 7.72. The molecule has 2 heterocycles. The molecule has 0 atom stereocenters. The summed E-state index contributed by atoms with van der Waals surface area (Å²) in [5.74, 6) is -0.0856. The van der Waals surface area contributed by atoms with Gasteiger partial charge in [0.25, 0.3) is 0 Å². The van der Waals surface area contributed by atoms with Crippen molar-refractivity contribution in [3.05, 3.63) is 138 Å². The van der Waals surface area contributed by atoms with Gasteiger partial charge in [0.1, 0.15) is 0 Å². The molecule has 0 spiro atoms. The summed E-state index contributed by atoms with van der Waals surface area (Å²) in [4.78, 5) is 9.09. The number of aromatic nitrogens is 2. The standard InChI is InChI=1S/C25H28N.C18H24NSi.Ir/c1-24(2,3)18-19-14-15-26-23(16-19)20-10-9-13-22(17-20)25(4,5)21-11-7-6-8-12-21;1-14(2)11-16-12-17(15-9-7-6-8-10-15)19-13-18(16)20(3,4)5;/h6-9,11-17H,18H2,1-5H3;6-9,12-14H,11H2,1-5H3;/q2*-1;/i18D2;11D2;. The van der Waals surface area contributed by atoms with Gasteiger partial charge in [0.15, 0.2) is 0 Å². The summed E-state index contributed by atoms with van der Waals surface area (Å²) in [6.07, 6.45) is 0.767. The molecular weight excluding hydrogens is 765 g/mol. The number of hydrogen-bond acceptors (Lipinski definition) is 2. The van der Waals surface area contributed by atoms with Crippen molar-refractivity contribution >= 4 is 13.3 Å². The molecule has 0 unspecified atom stereocenters. The van der Waals surface area contributed by atoms with Crippen LogP contribution in [0.5, 0.6) is 0 Å². The van der Waals surface area contributed by atoms with E-state index in [4.69, 9.17) is 5.48 Å². The van der Waals surface area contributed by atoms with Crippen molar-refractivity contribution in [1.29, 1.82) is 0 Å². The molecule has 0 fully saturated rings. The monoisotopic (exact) mass is 821 g/mol. The Labute approximate surface area is 305 Å². The van der Waals surface area contributed by atoms with Gasteiger partial charge in [-0.25, -0.2) is 0 Å². The van der Waals surface area contributed by atoms with Crippen LogP contribution >= 0.6 is 0 Å². The maximum absolute atomic E-state index is 8.56. The maximum Gasteiger partial charge on any atom is 0.0798 e. The largest absolute Gasteiger partial charge is 0.305 e. The van der Waals surface area contributed by atoms with E-state index in [2.05, 4.69) is 92.0 Å². The maximum atomic E-state index is 8.56. The van der Waals surface area contributed by atoms with E-state index in [-0.39, 0.29) is 31.4 Å². The van der Waals surface area contributed by atoms with Crippen LogP contribution in [0.2, 0.25) is 19.6 Å². The minimum Gasteiger partial charge on any atom is -0.305 e. The zero-order chi connectivity index (χ0) is 37.1. The zero-order valence-corrected chi connectivity index (χ0v) is 33.0. The third-order valence-corrected chi connectivity index (χ3v) is 9.73. The molecule has 5 rings (SSSR count). The number of nitrogens with zero attached hydrogens (tertiary/aromatic N) is 2. The Morgan fingerprint density at radius 2 is 1.40 bits per heavy atom. The summed E-state index contributed by atoms with van der Waals surface area (Å²) in [5, 5.41) is 1.10. The molecule has 0 aliphatic carbocycles. The van der Waals surface area contributed by atoms with Crippen LogP contribution in [0.1, 0.15) is 76.2 Å². The fourth-order valence-electron chi connectivity index (χ4n) is 5.30. The van der Waals surface area contributed by atoms with Crippen LogP contribution in [0.4, 0.5) is 0 Å². The molecule has 0 aliphatic heterocycles. The quantitative estimate of drug-likeness (QED) is 0.115. The number of benzene rings is 3. The second-order valence-corrected chi connectivity index (χ2v) is 19.8. The van der Waals surface area contributed by atoms with Crippen molar-refractivity contribution in [2.45, 2.75) is 86.3 Å². The fraction of sp³-hybridized carbons (Fsp3) is 0.349. The molecule has 0 amide bonds. The van der Waals surface area contributed by atoms with Gasteiger partial charge in [0.2, 0.25) is 0 Å². The van der Waals surface area contributed by atoms with Crippen molar-refractivity contribution in [2.75, 3.05) is 0 Å². The summed E-state index contributed by atoms with van der Waals surface area (Å²) < 4.78 is 34.2. The first-order valence-electron chi connectivity index (χ1n) is 18.2. The van der Waals surface area contributed by atoms with Crippen molar-refractivity contribution < 1.29 is 25.6 Å². The van der Waals surface area contributed by atoms with Crippen LogP contribution in [-0.2, 0) is 38.3 Å². The molecule has 1 radical (unpaired) electrons. The Morgan fingerprint density at radius 1 is 0.745 bits per heavy atom. The average molecular weight is 821 g/mol. The Bertz CT molecular complexity index is 1880. The summed E-state index contributed by atoms with van der Waals surface area (Å²) >= 11 is 0. The van der Waals surface area contributed by atoms with E-state index in [1.54, 1.807) is 12.3 Å². The second kappa shape index (κ2) is 16.3. The Balaban J connectivity index is 0.000000278. The first kappa shape index (κ1) is 32.4. The van der Waals surface area contributed by atoms with Gasteiger partial charge in [0.05, 0.1) is 8.07 Å². The van der Waals surface area contributed by atoms with Gasteiger partial charge >= 0.3 is 0 Å². The fourth-order valence-corrected chi connectivity index (χ4v) is 6.70. The van der Waals surface area contributed by atoms with Crippen LogP contribution in [0.3, 0.4) is 0 Å².